The van der Waals surface area contributed by atoms with Gasteiger partial charge in [0, 0.05) is 0 Å². The lowest BCUT2D eigenvalue weighted by atomic mass is 9.91. The van der Waals surface area contributed by atoms with Crippen molar-refractivity contribution in [2.75, 3.05) is 13.2 Å². The lowest BCUT2D eigenvalue weighted by molar-refractivity contribution is 0.301. The molecule has 2 nitrogen and oxygen atoms in total. The van der Waals surface area contributed by atoms with Crippen LogP contribution in [0.15, 0.2) is 48.5 Å². The molecule has 0 fully saturated rings. The van der Waals surface area contributed by atoms with Crippen molar-refractivity contribution in [2.45, 2.75) is 45.4 Å². The molecule has 2 N–H and O–H groups in total. The Balaban J connectivity index is 1.81. The van der Waals surface area contributed by atoms with E-state index in [1.54, 1.807) is 0 Å². The predicted octanol–water partition coefficient (Wildman–Crippen LogP) is 5.02. The van der Waals surface area contributed by atoms with Gasteiger partial charge in [0.05, 0.1) is 6.61 Å². The summed E-state index contributed by atoms with van der Waals surface area (Å²) in [7, 11) is 0. The topological polar surface area (TPSA) is 35.2 Å². The van der Waals surface area contributed by atoms with E-state index in [1.165, 1.54) is 16.7 Å². The summed E-state index contributed by atoms with van der Waals surface area (Å²) in [4.78, 5) is 0. The molecule has 1 atom stereocenters. The maximum absolute atomic E-state index is 5.97. The molecule has 0 aliphatic carbocycles. The van der Waals surface area contributed by atoms with Crippen molar-refractivity contribution in [3.05, 3.63) is 65.2 Å². The lowest BCUT2D eigenvalue weighted by Crippen LogP contribution is -2.14. The van der Waals surface area contributed by atoms with Crippen LogP contribution in [0.3, 0.4) is 0 Å². The zero-order valence-corrected chi connectivity index (χ0v) is 14.6. The fourth-order valence-corrected chi connectivity index (χ4v) is 2.91. The van der Waals surface area contributed by atoms with E-state index in [9.17, 15) is 0 Å². The Morgan fingerprint density at radius 2 is 1.70 bits per heavy atom. The van der Waals surface area contributed by atoms with Crippen molar-refractivity contribution in [3.8, 4) is 5.75 Å². The molecule has 0 amide bonds. The molecular formula is C21H29NO. The first-order chi connectivity index (χ1) is 11.1. The molecule has 0 bridgehead atoms. The summed E-state index contributed by atoms with van der Waals surface area (Å²) in [6.45, 7) is 7.99. The van der Waals surface area contributed by atoms with Crippen LogP contribution in [0, 0.1) is 6.92 Å². The summed E-state index contributed by atoms with van der Waals surface area (Å²) >= 11 is 0. The second-order valence-electron chi connectivity index (χ2n) is 6.50. The minimum atomic E-state index is 0.420. The Morgan fingerprint density at radius 1 is 1.00 bits per heavy atom. The second kappa shape index (κ2) is 8.73. The molecule has 0 saturated heterocycles. The Kier molecular flexibility index (Phi) is 6.66. The van der Waals surface area contributed by atoms with Crippen molar-refractivity contribution in [2.24, 2.45) is 5.73 Å². The average Bonchev–Trinajstić information content (AvgIpc) is 2.56. The van der Waals surface area contributed by atoms with Gasteiger partial charge >= 0.3 is 0 Å². The Bertz CT molecular complexity index is 589. The van der Waals surface area contributed by atoms with E-state index < -0.39 is 0 Å². The molecule has 0 radical (unpaired) electrons. The van der Waals surface area contributed by atoms with Gasteiger partial charge in [-0.05, 0) is 67.0 Å². The smallest absolute Gasteiger partial charge is 0.119 e. The Morgan fingerprint density at radius 3 is 2.30 bits per heavy atom. The highest BCUT2D eigenvalue weighted by molar-refractivity contribution is 5.30. The number of nitrogens with two attached hydrogens (primary N) is 1. The number of aryl methyl sites for hydroxylation is 1. The van der Waals surface area contributed by atoms with Gasteiger partial charge in [-0.1, -0.05) is 50.2 Å². The van der Waals surface area contributed by atoms with Crippen molar-refractivity contribution in [1.29, 1.82) is 0 Å². The third-order valence-electron chi connectivity index (χ3n) is 4.43. The molecule has 0 heterocycles. The van der Waals surface area contributed by atoms with Gasteiger partial charge in [0.15, 0.2) is 0 Å². The van der Waals surface area contributed by atoms with Gasteiger partial charge < -0.3 is 10.5 Å². The minimum absolute atomic E-state index is 0.420. The van der Waals surface area contributed by atoms with E-state index in [4.69, 9.17) is 10.5 Å². The van der Waals surface area contributed by atoms with Crippen LogP contribution >= 0.6 is 0 Å². The number of benzene rings is 2. The SMILES string of the molecule is Cc1ccccc1C(CN)CCCOc1ccc(C(C)C)cc1. The van der Waals surface area contributed by atoms with Crippen LogP contribution in [0.5, 0.6) is 5.75 Å². The fraction of sp³-hybridized carbons (Fsp3) is 0.429. The number of hydrogen-bond acceptors (Lipinski definition) is 2. The van der Waals surface area contributed by atoms with Crippen LogP contribution in [0.25, 0.3) is 0 Å². The van der Waals surface area contributed by atoms with Gasteiger partial charge in [0.2, 0.25) is 0 Å². The van der Waals surface area contributed by atoms with Crippen LogP contribution in [0.2, 0.25) is 0 Å². The summed E-state index contributed by atoms with van der Waals surface area (Å²) in [6.07, 6.45) is 2.08. The van der Waals surface area contributed by atoms with E-state index in [1.807, 2.05) is 0 Å². The molecule has 2 aromatic rings. The highest BCUT2D eigenvalue weighted by Crippen LogP contribution is 2.24. The summed E-state index contributed by atoms with van der Waals surface area (Å²) in [6, 6.07) is 17.0. The molecular weight excluding hydrogens is 282 g/mol. The first kappa shape index (κ1) is 17.6. The Labute approximate surface area is 140 Å². The molecule has 0 aromatic heterocycles. The number of rotatable bonds is 8. The van der Waals surface area contributed by atoms with Crippen molar-refractivity contribution < 1.29 is 4.74 Å². The standard InChI is InChI=1S/C21H29NO/c1-16(2)18-10-12-20(13-11-18)23-14-6-8-19(15-22)21-9-5-4-7-17(21)3/h4-5,7,9-13,16,19H,6,8,14-15,22H2,1-3H3. The van der Waals surface area contributed by atoms with E-state index in [0.29, 0.717) is 18.4 Å². The maximum atomic E-state index is 5.97. The third-order valence-corrected chi connectivity index (χ3v) is 4.43. The average molecular weight is 311 g/mol. The monoisotopic (exact) mass is 311 g/mol. The van der Waals surface area contributed by atoms with E-state index in [2.05, 4.69) is 69.3 Å². The highest BCUT2D eigenvalue weighted by Gasteiger charge is 2.11. The van der Waals surface area contributed by atoms with Crippen LogP contribution < -0.4 is 10.5 Å². The van der Waals surface area contributed by atoms with Crippen molar-refractivity contribution in [1.82, 2.24) is 0 Å². The largest absolute Gasteiger partial charge is 0.494 e. The molecule has 2 heteroatoms. The van der Waals surface area contributed by atoms with Gasteiger partial charge in [-0.15, -0.1) is 0 Å². The van der Waals surface area contributed by atoms with Gasteiger partial charge in [0.25, 0.3) is 0 Å². The first-order valence-electron chi connectivity index (χ1n) is 8.60. The molecule has 23 heavy (non-hydrogen) atoms. The summed E-state index contributed by atoms with van der Waals surface area (Å²) in [5.41, 5.74) is 10.0. The minimum Gasteiger partial charge on any atom is -0.494 e. The van der Waals surface area contributed by atoms with Gasteiger partial charge in [-0.2, -0.15) is 0 Å². The van der Waals surface area contributed by atoms with E-state index >= 15 is 0 Å². The number of ether oxygens (including phenoxy) is 1. The van der Waals surface area contributed by atoms with Crippen LogP contribution in [-0.4, -0.2) is 13.2 Å². The molecule has 2 rings (SSSR count). The van der Waals surface area contributed by atoms with Gasteiger partial charge in [0.1, 0.15) is 5.75 Å². The molecule has 1 unspecified atom stereocenters. The normalized spacial score (nSPS) is 12.4. The summed E-state index contributed by atoms with van der Waals surface area (Å²) in [5, 5.41) is 0. The molecule has 0 saturated carbocycles. The lowest BCUT2D eigenvalue weighted by Gasteiger charge is -2.17. The number of hydrogen-bond donors (Lipinski definition) is 1. The van der Waals surface area contributed by atoms with Crippen LogP contribution in [-0.2, 0) is 0 Å². The predicted molar refractivity (Wildman–Crippen MR) is 98.2 cm³/mol. The molecule has 0 aliphatic rings. The van der Waals surface area contributed by atoms with Gasteiger partial charge in [-0.3, -0.25) is 0 Å². The summed E-state index contributed by atoms with van der Waals surface area (Å²) in [5.74, 6) is 1.93. The molecule has 0 aliphatic heterocycles. The highest BCUT2D eigenvalue weighted by atomic mass is 16.5. The van der Waals surface area contributed by atoms with E-state index in [-0.39, 0.29) is 0 Å². The zero-order chi connectivity index (χ0) is 16.7. The Hall–Kier alpha value is -1.80. The second-order valence-corrected chi connectivity index (χ2v) is 6.50. The maximum Gasteiger partial charge on any atom is 0.119 e. The van der Waals surface area contributed by atoms with Crippen LogP contribution in [0.1, 0.15) is 55.2 Å². The fourth-order valence-electron chi connectivity index (χ4n) is 2.91. The van der Waals surface area contributed by atoms with Crippen molar-refractivity contribution in [3.63, 3.8) is 0 Å². The van der Waals surface area contributed by atoms with Gasteiger partial charge in [-0.25, -0.2) is 0 Å². The first-order valence-corrected chi connectivity index (χ1v) is 8.60. The molecule has 124 valence electrons. The van der Waals surface area contributed by atoms with E-state index in [0.717, 1.165) is 25.2 Å². The quantitative estimate of drug-likeness (QED) is 0.695. The molecule has 0 spiro atoms. The van der Waals surface area contributed by atoms with Crippen LogP contribution in [0.4, 0.5) is 0 Å². The third kappa shape index (κ3) is 5.11. The zero-order valence-electron chi connectivity index (χ0n) is 14.6. The molecule has 2 aromatic carbocycles. The van der Waals surface area contributed by atoms with Crippen molar-refractivity contribution >= 4 is 0 Å². The summed E-state index contributed by atoms with van der Waals surface area (Å²) < 4.78 is 5.86.